The Balaban J connectivity index is 2.25. The molecule has 0 saturated carbocycles. The average molecular weight is 150 g/mol. The lowest BCUT2D eigenvalue weighted by molar-refractivity contribution is 2.11. The molecular weight excluding hydrogens is 144 g/mol. The zero-order chi connectivity index (χ0) is 5.11. The van der Waals surface area contributed by atoms with Crippen molar-refractivity contribution < 1.29 is 0 Å². The summed E-state index contributed by atoms with van der Waals surface area (Å²) in [5, 5.41) is 2.40. The number of rotatable bonds is 0. The van der Waals surface area contributed by atoms with Gasteiger partial charge in [-0.1, -0.05) is 6.58 Å². The van der Waals surface area contributed by atoms with Crippen LogP contribution in [0.3, 0.4) is 0 Å². The minimum atomic E-state index is 1.20. The topological polar surface area (TPSA) is 0 Å². The Morgan fingerprint density at radius 3 is 2.14 bits per heavy atom. The van der Waals surface area contributed by atoms with Crippen LogP contribution in [0.2, 0.25) is 0 Å². The normalized spacial score (nSPS) is 22.6. The van der Waals surface area contributed by atoms with Gasteiger partial charge in [-0.2, -0.15) is 0 Å². The largest absolute Gasteiger partial charge is 0.139 e. The molecule has 0 unspecified atom stereocenters. The first kappa shape index (κ1) is 5.92. The Bertz CT molecular complexity index is 71.0. The second kappa shape index (κ2) is 2.95. The lowest BCUT2D eigenvalue weighted by Crippen LogP contribution is -1.80. The van der Waals surface area contributed by atoms with Gasteiger partial charge in [0, 0.05) is 14.4 Å². The van der Waals surface area contributed by atoms with Crippen LogP contribution in [-0.4, -0.2) is 10.2 Å². The van der Waals surface area contributed by atoms with E-state index in [4.69, 9.17) is 0 Å². The summed E-state index contributed by atoms with van der Waals surface area (Å²) in [4.78, 5) is 0. The highest BCUT2D eigenvalue weighted by Gasteiger charge is 2.01. The van der Waals surface area contributed by atoms with Crippen molar-refractivity contribution in [3.63, 3.8) is 0 Å². The number of hydrogen-bond acceptors (Lipinski definition) is 3. The van der Waals surface area contributed by atoms with E-state index >= 15 is 0 Å². The summed E-state index contributed by atoms with van der Waals surface area (Å²) in [6.07, 6.45) is 0. The van der Waals surface area contributed by atoms with Crippen molar-refractivity contribution in [1.82, 2.24) is 0 Å². The van der Waals surface area contributed by atoms with E-state index in [9.17, 15) is 0 Å². The first-order chi connectivity index (χ1) is 3.39. The minimum absolute atomic E-state index is 1.20. The first-order valence-corrected chi connectivity index (χ1v) is 5.04. The van der Waals surface area contributed by atoms with Gasteiger partial charge in [-0.3, -0.25) is 0 Å². The van der Waals surface area contributed by atoms with Crippen LogP contribution in [-0.2, 0) is 0 Å². The Hall–Kier alpha value is 0.790. The van der Waals surface area contributed by atoms with Gasteiger partial charge in [0.15, 0.2) is 0 Å². The monoisotopic (exact) mass is 150 g/mol. The zero-order valence-corrected chi connectivity index (χ0v) is 6.30. The molecular formula is C4H6S3. The van der Waals surface area contributed by atoms with Gasteiger partial charge in [0.25, 0.3) is 0 Å². The molecule has 1 saturated heterocycles. The van der Waals surface area contributed by atoms with Crippen molar-refractivity contribution in [3.8, 4) is 0 Å². The van der Waals surface area contributed by atoms with E-state index < -0.39 is 0 Å². The summed E-state index contributed by atoms with van der Waals surface area (Å²) in [5.74, 6) is 0. The summed E-state index contributed by atoms with van der Waals surface area (Å²) in [5.41, 5.74) is 0. The molecule has 1 aliphatic heterocycles. The third-order valence-corrected chi connectivity index (χ3v) is 4.23. The molecule has 0 aliphatic carbocycles. The maximum absolute atomic E-state index is 3.83. The molecule has 7 heavy (non-hydrogen) atoms. The molecule has 1 aliphatic rings. The van der Waals surface area contributed by atoms with Crippen LogP contribution in [0.5, 0.6) is 0 Å². The van der Waals surface area contributed by atoms with Crippen LogP contribution >= 0.6 is 35.3 Å². The van der Waals surface area contributed by atoms with Crippen LogP contribution in [0, 0.1) is 0 Å². The summed E-state index contributed by atoms with van der Waals surface area (Å²) in [6, 6.07) is 0. The van der Waals surface area contributed by atoms with Crippen molar-refractivity contribution in [2.45, 2.75) is 0 Å². The van der Waals surface area contributed by atoms with E-state index in [-0.39, 0.29) is 0 Å². The van der Waals surface area contributed by atoms with Crippen molar-refractivity contribution >= 4 is 35.3 Å². The van der Waals surface area contributed by atoms with E-state index in [1.807, 2.05) is 35.3 Å². The molecule has 0 aromatic carbocycles. The highest BCUT2D eigenvalue weighted by atomic mass is 32.3. The van der Waals surface area contributed by atoms with Crippen LogP contribution in [0.1, 0.15) is 0 Å². The van der Waals surface area contributed by atoms with Gasteiger partial charge in [0.1, 0.15) is 0 Å². The van der Waals surface area contributed by atoms with Gasteiger partial charge in [-0.25, -0.2) is 0 Å². The molecule has 1 fully saturated rings. The van der Waals surface area contributed by atoms with Crippen molar-refractivity contribution in [2.24, 2.45) is 0 Å². The fourth-order valence-corrected chi connectivity index (χ4v) is 4.09. The molecule has 1 heterocycles. The second-order valence-corrected chi connectivity index (χ2v) is 5.22. The second-order valence-electron chi connectivity index (χ2n) is 1.10. The third-order valence-electron chi connectivity index (χ3n) is 0.606. The molecule has 0 aromatic heterocycles. The Morgan fingerprint density at radius 1 is 1.29 bits per heavy atom. The summed E-state index contributed by atoms with van der Waals surface area (Å²) in [6.45, 7) is 3.83. The average Bonchev–Trinajstić information content (AvgIpc) is 1.69. The standard InChI is InChI=1S/C4H6S3/c1-4-6-2-5-3-7-4/h1-3H2. The van der Waals surface area contributed by atoms with E-state index in [0.29, 0.717) is 0 Å². The zero-order valence-electron chi connectivity index (χ0n) is 3.85. The summed E-state index contributed by atoms with van der Waals surface area (Å²) >= 11 is 5.66. The molecule has 0 N–H and O–H groups in total. The SMILES string of the molecule is C=C1SCSCS1. The summed E-state index contributed by atoms with van der Waals surface area (Å²) in [7, 11) is 0. The lowest BCUT2D eigenvalue weighted by atomic mass is 11.3. The van der Waals surface area contributed by atoms with Gasteiger partial charge in [0.05, 0.1) is 0 Å². The van der Waals surface area contributed by atoms with Crippen LogP contribution in [0.25, 0.3) is 0 Å². The van der Waals surface area contributed by atoms with E-state index in [1.54, 1.807) is 0 Å². The molecule has 40 valence electrons. The van der Waals surface area contributed by atoms with Crippen LogP contribution in [0.4, 0.5) is 0 Å². The highest BCUT2D eigenvalue weighted by Crippen LogP contribution is 2.37. The van der Waals surface area contributed by atoms with Crippen LogP contribution < -0.4 is 0 Å². The number of hydrogen-bond donors (Lipinski definition) is 0. The Kier molecular flexibility index (Phi) is 2.49. The van der Waals surface area contributed by atoms with Crippen molar-refractivity contribution in [2.75, 3.05) is 10.2 Å². The fraction of sp³-hybridized carbons (Fsp3) is 0.500. The smallest absolute Gasteiger partial charge is 0.0452 e. The molecule has 1 rings (SSSR count). The lowest BCUT2D eigenvalue weighted by Gasteiger charge is -2.08. The highest BCUT2D eigenvalue weighted by molar-refractivity contribution is 8.35. The molecule has 0 nitrogen and oxygen atoms in total. The number of thioether (sulfide) groups is 3. The molecule has 0 bridgehead atoms. The molecule has 0 amide bonds. The van der Waals surface area contributed by atoms with Crippen molar-refractivity contribution in [3.05, 3.63) is 10.8 Å². The Labute approximate surface area is 56.5 Å². The maximum atomic E-state index is 3.83. The van der Waals surface area contributed by atoms with Gasteiger partial charge in [0.2, 0.25) is 0 Å². The predicted molar refractivity (Wildman–Crippen MR) is 41.6 cm³/mol. The first-order valence-electron chi connectivity index (χ1n) is 1.92. The molecule has 0 radical (unpaired) electrons. The van der Waals surface area contributed by atoms with Gasteiger partial charge >= 0.3 is 0 Å². The molecule has 0 atom stereocenters. The minimum Gasteiger partial charge on any atom is -0.139 e. The molecule has 0 aromatic rings. The Morgan fingerprint density at radius 2 is 1.86 bits per heavy atom. The maximum Gasteiger partial charge on any atom is 0.0452 e. The quantitative estimate of drug-likeness (QED) is 0.521. The van der Waals surface area contributed by atoms with Gasteiger partial charge < -0.3 is 0 Å². The van der Waals surface area contributed by atoms with Gasteiger partial charge in [-0.05, 0) is 0 Å². The van der Waals surface area contributed by atoms with E-state index in [2.05, 4.69) is 6.58 Å². The summed E-state index contributed by atoms with van der Waals surface area (Å²) < 4.78 is 1.28. The van der Waals surface area contributed by atoms with Crippen molar-refractivity contribution in [1.29, 1.82) is 0 Å². The third kappa shape index (κ3) is 2.02. The van der Waals surface area contributed by atoms with Gasteiger partial charge in [-0.15, -0.1) is 35.3 Å². The fourth-order valence-electron chi connectivity index (χ4n) is 0.290. The van der Waals surface area contributed by atoms with E-state index in [1.165, 1.54) is 14.4 Å². The predicted octanol–water partition coefficient (Wildman–Crippen LogP) is 2.59. The van der Waals surface area contributed by atoms with E-state index in [0.717, 1.165) is 0 Å². The molecule has 3 heteroatoms. The van der Waals surface area contributed by atoms with Crippen LogP contribution in [0.15, 0.2) is 10.8 Å². The molecule has 0 spiro atoms.